The molecule has 2 aromatic carbocycles. The van der Waals surface area contributed by atoms with Crippen LogP contribution in [0.15, 0.2) is 53.6 Å². The molecule has 1 aromatic heterocycles. The monoisotopic (exact) mass is 316 g/mol. The Morgan fingerprint density at radius 3 is 2.71 bits per heavy atom. The Morgan fingerprint density at radius 2 is 1.86 bits per heavy atom. The molecule has 104 valence electrons. The summed E-state index contributed by atoms with van der Waals surface area (Å²) in [7, 11) is 0. The van der Waals surface area contributed by atoms with E-state index < -0.39 is 0 Å². The zero-order chi connectivity index (χ0) is 14.7. The van der Waals surface area contributed by atoms with Crippen molar-refractivity contribution in [3.05, 3.63) is 64.4 Å². The lowest BCUT2D eigenvalue weighted by molar-refractivity contribution is 1.18. The largest absolute Gasteiger partial charge is 0.261 e. The molecule has 0 spiro atoms. The van der Waals surface area contributed by atoms with Crippen LogP contribution in [0.2, 0.25) is 10.3 Å². The minimum absolute atomic E-state index is 0.175. The maximum atomic E-state index is 5.92. The molecule has 0 saturated carbocycles. The summed E-state index contributed by atoms with van der Waals surface area (Å²) in [5.41, 5.74) is 4.54. The van der Waals surface area contributed by atoms with Crippen molar-refractivity contribution in [3.8, 4) is 0 Å². The average molecular weight is 317 g/mol. The summed E-state index contributed by atoms with van der Waals surface area (Å²) in [5.74, 6) is 0.559. The van der Waals surface area contributed by atoms with Crippen LogP contribution in [0.1, 0.15) is 5.56 Å². The van der Waals surface area contributed by atoms with Crippen LogP contribution in [0.3, 0.4) is 0 Å². The molecule has 0 atom stereocenters. The molecule has 0 aliphatic heterocycles. The summed E-state index contributed by atoms with van der Waals surface area (Å²) in [5, 5.41) is 5.85. The normalized spacial score (nSPS) is 11.1. The number of aromatic nitrogens is 2. The quantitative estimate of drug-likeness (QED) is 0.443. The van der Waals surface area contributed by atoms with Gasteiger partial charge in [0.05, 0.1) is 11.7 Å². The third-order valence-electron chi connectivity index (χ3n) is 2.81. The second kappa shape index (κ2) is 6.08. The van der Waals surface area contributed by atoms with Crippen molar-refractivity contribution in [1.82, 2.24) is 9.97 Å². The van der Waals surface area contributed by atoms with Gasteiger partial charge in [-0.05, 0) is 41.4 Å². The van der Waals surface area contributed by atoms with E-state index in [2.05, 4.69) is 20.5 Å². The first kappa shape index (κ1) is 13.8. The Bertz CT molecular complexity index is 818. The minimum Gasteiger partial charge on any atom is -0.261 e. The van der Waals surface area contributed by atoms with E-state index in [4.69, 9.17) is 23.2 Å². The summed E-state index contributed by atoms with van der Waals surface area (Å²) < 4.78 is 0. The summed E-state index contributed by atoms with van der Waals surface area (Å²) in [6.07, 6.45) is 1.66. The molecule has 0 fully saturated rings. The van der Waals surface area contributed by atoms with Gasteiger partial charge in [0.15, 0.2) is 5.82 Å². The smallest absolute Gasteiger partial charge is 0.224 e. The van der Waals surface area contributed by atoms with Gasteiger partial charge in [0, 0.05) is 10.4 Å². The molecule has 0 aliphatic rings. The van der Waals surface area contributed by atoms with E-state index in [-0.39, 0.29) is 5.28 Å². The molecule has 3 aromatic rings. The molecule has 1 heterocycles. The van der Waals surface area contributed by atoms with Gasteiger partial charge in [-0.3, -0.25) is 5.43 Å². The first-order chi connectivity index (χ1) is 10.2. The van der Waals surface area contributed by atoms with Gasteiger partial charge in [-0.15, -0.1) is 0 Å². The predicted octanol–water partition coefficient (Wildman–Crippen LogP) is 4.38. The third kappa shape index (κ3) is 3.29. The highest BCUT2D eigenvalue weighted by atomic mass is 35.5. The van der Waals surface area contributed by atoms with Crippen molar-refractivity contribution in [1.29, 1.82) is 0 Å². The van der Waals surface area contributed by atoms with E-state index in [1.54, 1.807) is 6.21 Å². The molecule has 6 heteroatoms. The zero-order valence-corrected chi connectivity index (χ0v) is 12.3. The van der Waals surface area contributed by atoms with Gasteiger partial charge in [0.25, 0.3) is 0 Å². The fraction of sp³-hybridized carbons (Fsp3) is 0. The Hall–Kier alpha value is -2.17. The van der Waals surface area contributed by atoms with Crippen LogP contribution in [0.25, 0.3) is 10.9 Å². The van der Waals surface area contributed by atoms with E-state index in [0.29, 0.717) is 10.8 Å². The molecule has 21 heavy (non-hydrogen) atoms. The second-order valence-corrected chi connectivity index (χ2v) is 5.06. The van der Waals surface area contributed by atoms with Gasteiger partial charge < -0.3 is 0 Å². The molecule has 0 unspecified atom stereocenters. The molecule has 0 amide bonds. The number of benzene rings is 2. The van der Waals surface area contributed by atoms with Gasteiger partial charge in [0.1, 0.15) is 0 Å². The number of hydrogen-bond acceptors (Lipinski definition) is 4. The Morgan fingerprint density at radius 1 is 1.00 bits per heavy atom. The topological polar surface area (TPSA) is 50.2 Å². The number of rotatable bonds is 3. The molecule has 0 aliphatic carbocycles. The van der Waals surface area contributed by atoms with Crippen molar-refractivity contribution in [2.24, 2.45) is 5.10 Å². The molecule has 1 N–H and O–H groups in total. The first-order valence-electron chi connectivity index (χ1n) is 6.19. The van der Waals surface area contributed by atoms with Gasteiger partial charge >= 0.3 is 0 Å². The average Bonchev–Trinajstić information content (AvgIpc) is 2.47. The van der Waals surface area contributed by atoms with Crippen molar-refractivity contribution >= 4 is 46.1 Å². The number of nitrogens with zero attached hydrogens (tertiary/aromatic N) is 3. The number of nitrogens with one attached hydrogen (secondary N) is 1. The van der Waals surface area contributed by atoms with Gasteiger partial charge in [-0.1, -0.05) is 35.9 Å². The molecular weight excluding hydrogens is 307 g/mol. The highest BCUT2D eigenvalue weighted by Crippen LogP contribution is 2.21. The molecule has 0 saturated heterocycles. The van der Waals surface area contributed by atoms with E-state index >= 15 is 0 Å². The van der Waals surface area contributed by atoms with E-state index in [1.807, 2.05) is 48.5 Å². The number of para-hydroxylation sites is 1. The lowest BCUT2D eigenvalue weighted by Crippen LogP contribution is -1.97. The maximum Gasteiger partial charge on any atom is 0.224 e. The van der Waals surface area contributed by atoms with Gasteiger partial charge in [0.2, 0.25) is 5.28 Å². The summed E-state index contributed by atoms with van der Waals surface area (Å²) in [4.78, 5) is 8.31. The summed E-state index contributed by atoms with van der Waals surface area (Å²) >= 11 is 11.8. The van der Waals surface area contributed by atoms with E-state index in [0.717, 1.165) is 16.5 Å². The fourth-order valence-corrected chi connectivity index (χ4v) is 2.26. The third-order valence-corrected chi connectivity index (χ3v) is 3.21. The number of hydrogen-bond donors (Lipinski definition) is 1. The van der Waals surface area contributed by atoms with Crippen LogP contribution in [-0.2, 0) is 0 Å². The van der Waals surface area contributed by atoms with Gasteiger partial charge in [-0.25, -0.2) is 4.98 Å². The van der Waals surface area contributed by atoms with Crippen LogP contribution in [0, 0.1) is 0 Å². The minimum atomic E-state index is 0.175. The number of anilines is 1. The van der Waals surface area contributed by atoms with Gasteiger partial charge in [-0.2, -0.15) is 10.1 Å². The number of fused-ring (bicyclic) bond motifs is 1. The van der Waals surface area contributed by atoms with Crippen LogP contribution in [0.5, 0.6) is 0 Å². The lowest BCUT2D eigenvalue weighted by Gasteiger charge is -2.04. The molecule has 4 nitrogen and oxygen atoms in total. The number of halogens is 2. The highest BCUT2D eigenvalue weighted by Gasteiger charge is 2.04. The van der Waals surface area contributed by atoms with Crippen molar-refractivity contribution in [3.63, 3.8) is 0 Å². The Kier molecular flexibility index (Phi) is 3.99. The fourth-order valence-electron chi connectivity index (χ4n) is 1.89. The van der Waals surface area contributed by atoms with Crippen molar-refractivity contribution in [2.45, 2.75) is 0 Å². The predicted molar refractivity (Wildman–Crippen MR) is 87.2 cm³/mol. The second-order valence-electron chi connectivity index (χ2n) is 4.28. The van der Waals surface area contributed by atoms with Crippen LogP contribution in [0.4, 0.5) is 5.82 Å². The Balaban J connectivity index is 1.88. The van der Waals surface area contributed by atoms with Crippen LogP contribution < -0.4 is 5.43 Å². The van der Waals surface area contributed by atoms with Crippen molar-refractivity contribution < 1.29 is 0 Å². The van der Waals surface area contributed by atoms with Crippen molar-refractivity contribution in [2.75, 3.05) is 5.43 Å². The Labute approximate surface area is 131 Å². The SMILES string of the molecule is Clc1cccc(C=NNc2nc(Cl)nc3ccccc23)c1. The van der Waals surface area contributed by atoms with E-state index in [1.165, 1.54) is 0 Å². The van der Waals surface area contributed by atoms with E-state index in [9.17, 15) is 0 Å². The first-order valence-corrected chi connectivity index (χ1v) is 6.95. The van der Waals surface area contributed by atoms with Crippen LogP contribution in [-0.4, -0.2) is 16.2 Å². The summed E-state index contributed by atoms with van der Waals surface area (Å²) in [6, 6.07) is 15.0. The molecule has 3 rings (SSSR count). The highest BCUT2D eigenvalue weighted by molar-refractivity contribution is 6.30. The maximum absolute atomic E-state index is 5.92. The summed E-state index contributed by atoms with van der Waals surface area (Å²) in [6.45, 7) is 0. The zero-order valence-electron chi connectivity index (χ0n) is 10.8. The number of hydrazone groups is 1. The molecule has 0 radical (unpaired) electrons. The molecular formula is C15H10Cl2N4. The standard InChI is InChI=1S/C15H10Cl2N4/c16-11-5-3-4-10(8-11)9-18-21-14-12-6-1-2-7-13(12)19-15(17)20-14/h1-9H,(H,19,20,21). The lowest BCUT2D eigenvalue weighted by atomic mass is 10.2. The molecule has 0 bridgehead atoms. The van der Waals surface area contributed by atoms with Crippen LogP contribution >= 0.6 is 23.2 Å².